The molecular weight excluding hydrogens is 228 g/mol. The molecule has 3 fully saturated rings. The van der Waals surface area contributed by atoms with Crippen LogP contribution in [0.3, 0.4) is 0 Å². The minimum Gasteiger partial charge on any atom is -0.481 e. The third-order valence-corrected chi connectivity index (χ3v) is 5.84. The molecule has 3 aliphatic rings. The van der Waals surface area contributed by atoms with Crippen LogP contribution in [-0.2, 0) is 9.53 Å². The van der Waals surface area contributed by atoms with Gasteiger partial charge in [-0.1, -0.05) is 13.8 Å². The van der Waals surface area contributed by atoms with Crippen LogP contribution in [0.2, 0.25) is 0 Å². The first-order valence-electron chi connectivity index (χ1n) is 7.24. The van der Waals surface area contributed by atoms with Crippen LogP contribution < -0.4 is 0 Å². The topological polar surface area (TPSA) is 49.8 Å². The smallest absolute Gasteiger partial charge is 0.306 e. The van der Waals surface area contributed by atoms with Crippen molar-refractivity contribution in [3.8, 4) is 0 Å². The standard InChI is InChI=1S/C15H24O3/c1-14(2)8-10-9(13(16)17)4-5-12-15(3,18-12)7-6-11(10)14/h9-12H,4-8H2,1-3H3,(H,16,17)/t9-,10+,11+,12+,15+/m0/s1. The molecule has 18 heavy (non-hydrogen) atoms. The number of hydrogen-bond acceptors (Lipinski definition) is 2. The number of rotatable bonds is 1. The van der Waals surface area contributed by atoms with Gasteiger partial charge in [0.25, 0.3) is 0 Å². The lowest BCUT2D eigenvalue weighted by molar-refractivity contribution is -0.152. The van der Waals surface area contributed by atoms with Gasteiger partial charge in [-0.3, -0.25) is 4.79 Å². The summed E-state index contributed by atoms with van der Waals surface area (Å²) in [5.74, 6) is 0.233. The van der Waals surface area contributed by atoms with Gasteiger partial charge in [0.15, 0.2) is 0 Å². The second kappa shape index (κ2) is 3.72. The van der Waals surface area contributed by atoms with Gasteiger partial charge >= 0.3 is 5.97 Å². The zero-order valence-electron chi connectivity index (χ0n) is 11.6. The molecule has 0 aromatic heterocycles. The molecule has 0 radical (unpaired) electrons. The fraction of sp³-hybridized carbons (Fsp3) is 0.933. The van der Waals surface area contributed by atoms with Crippen LogP contribution in [0.4, 0.5) is 0 Å². The van der Waals surface area contributed by atoms with Gasteiger partial charge < -0.3 is 9.84 Å². The Morgan fingerprint density at radius 1 is 1.22 bits per heavy atom. The zero-order valence-corrected chi connectivity index (χ0v) is 11.6. The average molecular weight is 252 g/mol. The molecule has 0 aromatic carbocycles. The summed E-state index contributed by atoms with van der Waals surface area (Å²) < 4.78 is 5.79. The molecule has 0 aromatic rings. The number of hydrogen-bond donors (Lipinski definition) is 1. The van der Waals surface area contributed by atoms with E-state index in [0.29, 0.717) is 23.4 Å². The normalized spacial score (nSPS) is 49.7. The number of carboxylic acids is 1. The van der Waals surface area contributed by atoms with E-state index in [2.05, 4.69) is 20.8 Å². The first-order valence-corrected chi connectivity index (χ1v) is 7.24. The maximum Gasteiger partial charge on any atom is 0.306 e. The van der Waals surface area contributed by atoms with Gasteiger partial charge in [0.2, 0.25) is 0 Å². The predicted molar refractivity (Wildman–Crippen MR) is 68.2 cm³/mol. The van der Waals surface area contributed by atoms with E-state index in [9.17, 15) is 9.90 Å². The van der Waals surface area contributed by atoms with E-state index in [-0.39, 0.29) is 11.5 Å². The molecule has 102 valence electrons. The third-order valence-electron chi connectivity index (χ3n) is 5.84. The molecule has 2 aliphatic carbocycles. The highest BCUT2D eigenvalue weighted by atomic mass is 16.6. The summed E-state index contributed by atoms with van der Waals surface area (Å²) in [5, 5.41) is 9.46. The Hall–Kier alpha value is -0.570. The van der Waals surface area contributed by atoms with Crippen molar-refractivity contribution in [2.45, 2.75) is 64.6 Å². The summed E-state index contributed by atoms with van der Waals surface area (Å²) in [6.07, 6.45) is 5.36. The molecule has 2 saturated carbocycles. The lowest BCUT2D eigenvalue weighted by Gasteiger charge is -2.54. The monoisotopic (exact) mass is 252 g/mol. The van der Waals surface area contributed by atoms with E-state index in [4.69, 9.17) is 4.74 Å². The van der Waals surface area contributed by atoms with Crippen molar-refractivity contribution >= 4 is 5.97 Å². The molecule has 1 aliphatic heterocycles. The second-order valence-corrected chi connectivity index (χ2v) is 7.44. The maximum absolute atomic E-state index is 11.5. The van der Waals surface area contributed by atoms with Crippen LogP contribution in [0.1, 0.15) is 52.9 Å². The Bertz CT molecular complexity index is 376. The van der Waals surface area contributed by atoms with Crippen molar-refractivity contribution in [1.29, 1.82) is 0 Å². The van der Waals surface area contributed by atoms with Gasteiger partial charge in [-0.25, -0.2) is 0 Å². The maximum atomic E-state index is 11.5. The van der Waals surface area contributed by atoms with Crippen molar-refractivity contribution in [1.82, 2.24) is 0 Å². The van der Waals surface area contributed by atoms with Crippen molar-refractivity contribution in [3.63, 3.8) is 0 Å². The van der Waals surface area contributed by atoms with E-state index < -0.39 is 5.97 Å². The Labute approximate surface area is 109 Å². The lowest BCUT2D eigenvalue weighted by atomic mass is 9.50. The van der Waals surface area contributed by atoms with Gasteiger partial charge in [0, 0.05) is 0 Å². The van der Waals surface area contributed by atoms with E-state index in [1.807, 2.05) is 0 Å². The number of carboxylic acid groups (broad SMARTS) is 1. The molecule has 0 unspecified atom stereocenters. The summed E-state index contributed by atoms with van der Waals surface area (Å²) >= 11 is 0. The third kappa shape index (κ3) is 1.78. The number of epoxide rings is 1. The predicted octanol–water partition coefficient (Wildman–Crippen LogP) is 3.08. The average Bonchev–Trinajstić information content (AvgIpc) is 2.86. The Balaban J connectivity index is 1.81. The first-order chi connectivity index (χ1) is 8.33. The van der Waals surface area contributed by atoms with Crippen LogP contribution in [0.25, 0.3) is 0 Å². The summed E-state index contributed by atoms with van der Waals surface area (Å²) in [5.41, 5.74) is 0.382. The van der Waals surface area contributed by atoms with E-state index in [1.165, 1.54) is 0 Å². The van der Waals surface area contributed by atoms with Gasteiger partial charge in [0.05, 0.1) is 17.6 Å². The molecule has 5 atom stereocenters. The second-order valence-electron chi connectivity index (χ2n) is 7.44. The number of fused-ring (bicyclic) bond motifs is 2. The molecule has 3 heteroatoms. The van der Waals surface area contributed by atoms with Crippen LogP contribution >= 0.6 is 0 Å². The summed E-state index contributed by atoms with van der Waals surface area (Å²) in [4.78, 5) is 11.5. The highest BCUT2D eigenvalue weighted by Crippen LogP contribution is 2.59. The minimum atomic E-state index is -0.593. The van der Waals surface area contributed by atoms with Crippen molar-refractivity contribution < 1.29 is 14.6 Å². The molecule has 0 amide bonds. The lowest BCUT2D eigenvalue weighted by Crippen LogP contribution is -2.49. The molecule has 3 rings (SSSR count). The molecule has 0 bridgehead atoms. The molecule has 1 N–H and O–H groups in total. The fourth-order valence-corrected chi connectivity index (χ4v) is 4.52. The largest absolute Gasteiger partial charge is 0.481 e. The van der Waals surface area contributed by atoms with Crippen LogP contribution in [0, 0.1) is 23.2 Å². The van der Waals surface area contributed by atoms with Crippen LogP contribution in [-0.4, -0.2) is 22.8 Å². The quantitative estimate of drug-likeness (QED) is 0.730. The Morgan fingerprint density at radius 2 is 1.94 bits per heavy atom. The molecule has 0 spiro atoms. The van der Waals surface area contributed by atoms with Crippen LogP contribution in [0.5, 0.6) is 0 Å². The van der Waals surface area contributed by atoms with Gasteiger partial charge in [0.1, 0.15) is 0 Å². The highest BCUT2D eigenvalue weighted by molar-refractivity contribution is 5.70. The minimum absolute atomic E-state index is 0.0591. The van der Waals surface area contributed by atoms with Gasteiger partial charge in [-0.15, -0.1) is 0 Å². The van der Waals surface area contributed by atoms with E-state index in [0.717, 1.165) is 32.1 Å². The molecule has 3 nitrogen and oxygen atoms in total. The number of ether oxygens (including phenoxy) is 1. The summed E-state index contributed by atoms with van der Waals surface area (Å²) in [6, 6.07) is 0. The number of aliphatic carboxylic acids is 1. The zero-order chi connectivity index (χ0) is 13.1. The van der Waals surface area contributed by atoms with E-state index in [1.54, 1.807) is 0 Å². The molecular formula is C15H24O3. The van der Waals surface area contributed by atoms with Crippen LogP contribution in [0.15, 0.2) is 0 Å². The Morgan fingerprint density at radius 3 is 2.56 bits per heavy atom. The first kappa shape index (κ1) is 12.5. The molecule has 1 saturated heterocycles. The van der Waals surface area contributed by atoms with Gasteiger partial charge in [-0.2, -0.15) is 0 Å². The van der Waals surface area contributed by atoms with Crippen molar-refractivity contribution in [2.24, 2.45) is 23.2 Å². The summed E-state index contributed by atoms with van der Waals surface area (Å²) in [6.45, 7) is 6.77. The Kier molecular flexibility index (Phi) is 2.58. The molecule has 1 heterocycles. The van der Waals surface area contributed by atoms with Crippen molar-refractivity contribution in [3.05, 3.63) is 0 Å². The van der Waals surface area contributed by atoms with Gasteiger partial charge in [-0.05, 0) is 56.3 Å². The highest BCUT2D eigenvalue weighted by Gasteiger charge is 2.58. The van der Waals surface area contributed by atoms with Crippen molar-refractivity contribution in [2.75, 3.05) is 0 Å². The van der Waals surface area contributed by atoms with E-state index >= 15 is 0 Å². The number of carbonyl (C=O) groups is 1. The summed E-state index contributed by atoms with van der Waals surface area (Å²) in [7, 11) is 0. The SMILES string of the molecule is CC1(C)C[C@@H]2[C@@H](C(=O)O)CC[C@H]3O[C@]3(C)CC[C@H]21. The fourth-order valence-electron chi connectivity index (χ4n) is 4.52.